The van der Waals surface area contributed by atoms with Crippen molar-refractivity contribution in [2.45, 2.75) is 59.9 Å². The van der Waals surface area contributed by atoms with E-state index in [0.717, 1.165) is 12.5 Å². The van der Waals surface area contributed by atoms with Crippen LogP contribution in [-0.2, 0) is 0 Å². The van der Waals surface area contributed by atoms with Crippen LogP contribution < -0.4 is 5.32 Å². The van der Waals surface area contributed by atoms with E-state index in [0.29, 0.717) is 11.5 Å². The molecule has 1 fully saturated rings. The lowest BCUT2D eigenvalue weighted by Gasteiger charge is -2.33. The second-order valence-electron chi connectivity index (χ2n) is 7.01. The first kappa shape index (κ1) is 15.0. The number of nitrogens with zero attached hydrogens (tertiary/aromatic N) is 1. The molecule has 2 heteroatoms. The van der Waals surface area contributed by atoms with Crippen LogP contribution >= 0.6 is 0 Å². The van der Waals surface area contributed by atoms with Crippen LogP contribution in [0, 0.1) is 11.3 Å². The van der Waals surface area contributed by atoms with Crippen molar-refractivity contribution >= 4 is 0 Å². The highest BCUT2D eigenvalue weighted by Gasteiger charge is 2.23. The molecule has 0 aromatic rings. The predicted molar refractivity (Wildman–Crippen MR) is 76.4 cm³/mol. The van der Waals surface area contributed by atoms with Gasteiger partial charge in [-0.25, -0.2) is 0 Å². The quantitative estimate of drug-likeness (QED) is 0.794. The molecule has 1 aliphatic heterocycles. The van der Waals surface area contributed by atoms with Crippen molar-refractivity contribution < 1.29 is 0 Å². The molecule has 0 spiro atoms. The molecule has 1 atom stereocenters. The second kappa shape index (κ2) is 6.75. The molecule has 0 bridgehead atoms. The van der Waals surface area contributed by atoms with E-state index in [4.69, 9.17) is 0 Å². The Bertz CT molecular complexity index is 211. The average Bonchev–Trinajstić information content (AvgIpc) is 2.41. The third kappa shape index (κ3) is 6.42. The average molecular weight is 240 g/mol. The van der Waals surface area contributed by atoms with E-state index in [1.807, 2.05) is 0 Å². The molecule has 0 aromatic heterocycles. The molecule has 1 aliphatic rings. The van der Waals surface area contributed by atoms with Gasteiger partial charge in [-0.15, -0.1) is 0 Å². The lowest BCUT2D eigenvalue weighted by atomic mass is 9.92. The van der Waals surface area contributed by atoms with Crippen LogP contribution in [-0.4, -0.2) is 37.1 Å². The number of rotatable bonds is 5. The first-order chi connectivity index (χ1) is 7.89. The first-order valence-electron chi connectivity index (χ1n) is 7.35. The first-order valence-corrected chi connectivity index (χ1v) is 7.35. The fraction of sp³-hybridized carbons (Fsp3) is 1.00. The molecule has 0 radical (unpaired) electrons. The van der Waals surface area contributed by atoms with Crippen molar-refractivity contribution in [2.75, 3.05) is 26.2 Å². The van der Waals surface area contributed by atoms with E-state index in [1.165, 1.54) is 38.9 Å². The molecular weight excluding hydrogens is 208 g/mol. The van der Waals surface area contributed by atoms with Crippen molar-refractivity contribution in [1.29, 1.82) is 0 Å². The minimum Gasteiger partial charge on any atom is -0.314 e. The maximum Gasteiger partial charge on any atom is 0.00448 e. The fourth-order valence-electron chi connectivity index (χ4n) is 2.62. The fourth-order valence-corrected chi connectivity index (χ4v) is 2.62. The van der Waals surface area contributed by atoms with Crippen molar-refractivity contribution in [3.8, 4) is 0 Å². The lowest BCUT2D eigenvalue weighted by Crippen LogP contribution is -2.42. The molecule has 0 saturated carbocycles. The molecule has 1 heterocycles. The van der Waals surface area contributed by atoms with Gasteiger partial charge in [-0.05, 0) is 43.7 Å². The summed E-state index contributed by atoms with van der Waals surface area (Å²) in [6, 6.07) is 0.596. The van der Waals surface area contributed by atoms with Crippen LogP contribution in [0.4, 0.5) is 0 Å². The van der Waals surface area contributed by atoms with Gasteiger partial charge in [0, 0.05) is 19.1 Å². The van der Waals surface area contributed by atoms with Crippen LogP contribution in [0.1, 0.15) is 53.9 Å². The molecular formula is C15H32N2. The summed E-state index contributed by atoms with van der Waals surface area (Å²) >= 11 is 0. The highest BCUT2D eigenvalue weighted by molar-refractivity contribution is 4.79. The molecule has 102 valence electrons. The number of likely N-dealkylation sites (tertiary alicyclic amines) is 1. The van der Waals surface area contributed by atoms with Gasteiger partial charge >= 0.3 is 0 Å². The molecule has 1 unspecified atom stereocenters. The zero-order chi connectivity index (χ0) is 12.9. The van der Waals surface area contributed by atoms with Gasteiger partial charge in [-0.1, -0.05) is 34.6 Å². The minimum atomic E-state index is 0.387. The Balaban J connectivity index is 2.35. The van der Waals surface area contributed by atoms with Crippen LogP contribution in [0.25, 0.3) is 0 Å². The van der Waals surface area contributed by atoms with E-state index < -0.39 is 0 Å². The number of hydrogen-bond acceptors (Lipinski definition) is 2. The van der Waals surface area contributed by atoms with Crippen LogP contribution in [0.2, 0.25) is 0 Å². The van der Waals surface area contributed by atoms with Gasteiger partial charge < -0.3 is 10.2 Å². The second-order valence-corrected chi connectivity index (χ2v) is 7.01. The van der Waals surface area contributed by atoms with Crippen LogP contribution in [0.3, 0.4) is 0 Å². The third-order valence-electron chi connectivity index (χ3n) is 3.75. The topological polar surface area (TPSA) is 15.3 Å². The zero-order valence-electron chi connectivity index (χ0n) is 12.6. The summed E-state index contributed by atoms with van der Waals surface area (Å²) < 4.78 is 0. The van der Waals surface area contributed by atoms with E-state index >= 15 is 0 Å². The van der Waals surface area contributed by atoms with E-state index in [-0.39, 0.29) is 0 Å². The largest absolute Gasteiger partial charge is 0.314 e. The highest BCUT2D eigenvalue weighted by atomic mass is 15.1. The summed E-state index contributed by atoms with van der Waals surface area (Å²) in [5.74, 6) is 0.928. The van der Waals surface area contributed by atoms with Crippen molar-refractivity contribution in [3.05, 3.63) is 0 Å². The Kier molecular flexibility index (Phi) is 5.94. The number of nitrogens with one attached hydrogen (secondary N) is 1. The summed E-state index contributed by atoms with van der Waals surface area (Å²) in [6.45, 7) is 16.6. The Morgan fingerprint density at radius 3 is 2.59 bits per heavy atom. The Hall–Kier alpha value is -0.0800. The summed E-state index contributed by atoms with van der Waals surface area (Å²) in [4.78, 5) is 2.67. The third-order valence-corrected chi connectivity index (χ3v) is 3.75. The van der Waals surface area contributed by atoms with E-state index in [9.17, 15) is 0 Å². The summed E-state index contributed by atoms with van der Waals surface area (Å²) in [5, 5.41) is 3.57. The standard InChI is InChI=1S/C15H32N2/c1-13(2)16-11-15(4,5)12-17-9-6-7-14(3)8-10-17/h13-14,16H,6-12H2,1-5H3. The lowest BCUT2D eigenvalue weighted by molar-refractivity contribution is 0.175. The molecule has 0 aliphatic carbocycles. The molecule has 1 saturated heterocycles. The molecule has 17 heavy (non-hydrogen) atoms. The van der Waals surface area contributed by atoms with Crippen LogP contribution in [0.15, 0.2) is 0 Å². The van der Waals surface area contributed by atoms with E-state index in [2.05, 4.69) is 44.8 Å². The number of hydrogen-bond donors (Lipinski definition) is 1. The van der Waals surface area contributed by atoms with Gasteiger partial charge in [0.1, 0.15) is 0 Å². The normalized spacial score (nSPS) is 24.0. The van der Waals surface area contributed by atoms with Crippen LogP contribution in [0.5, 0.6) is 0 Å². The van der Waals surface area contributed by atoms with Gasteiger partial charge in [0.05, 0.1) is 0 Å². The minimum absolute atomic E-state index is 0.387. The Morgan fingerprint density at radius 2 is 1.94 bits per heavy atom. The molecule has 0 amide bonds. The van der Waals surface area contributed by atoms with E-state index in [1.54, 1.807) is 0 Å². The molecule has 2 nitrogen and oxygen atoms in total. The van der Waals surface area contributed by atoms with Crippen molar-refractivity contribution in [1.82, 2.24) is 10.2 Å². The maximum atomic E-state index is 3.57. The summed E-state index contributed by atoms with van der Waals surface area (Å²) in [7, 11) is 0. The highest BCUT2D eigenvalue weighted by Crippen LogP contribution is 2.21. The predicted octanol–water partition coefficient (Wildman–Crippen LogP) is 3.13. The van der Waals surface area contributed by atoms with Gasteiger partial charge in [-0.3, -0.25) is 0 Å². The molecule has 1 rings (SSSR count). The van der Waals surface area contributed by atoms with Gasteiger partial charge in [-0.2, -0.15) is 0 Å². The molecule has 1 N–H and O–H groups in total. The Morgan fingerprint density at radius 1 is 1.24 bits per heavy atom. The van der Waals surface area contributed by atoms with Gasteiger partial charge in [0.2, 0.25) is 0 Å². The summed E-state index contributed by atoms with van der Waals surface area (Å²) in [5.41, 5.74) is 0.387. The zero-order valence-corrected chi connectivity index (χ0v) is 12.6. The maximum absolute atomic E-state index is 3.57. The molecule has 0 aromatic carbocycles. The summed E-state index contributed by atoms with van der Waals surface area (Å²) in [6.07, 6.45) is 4.18. The monoisotopic (exact) mass is 240 g/mol. The van der Waals surface area contributed by atoms with Gasteiger partial charge in [0.15, 0.2) is 0 Å². The smallest absolute Gasteiger partial charge is 0.00448 e. The van der Waals surface area contributed by atoms with Crippen molar-refractivity contribution in [2.24, 2.45) is 11.3 Å². The van der Waals surface area contributed by atoms with Gasteiger partial charge in [0.25, 0.3) is 0 Å². The van der Waals surface area contributed by atoms with Crippen molar-refractivity contribution in [3.63, 3.8) is 0 Å². The SMILES string of the molecule is CC1CCCN(CC(C)(C)CNC(C)C)CC1. The Labute approximate surface area is 108 Å².